The second-order valence-corrected chi connectivity index (χ2v) is 13.1. The van der Waals surface area contributed by atoms with Crippen molar-refractivity contribution in [3.05, 3.63) is 60.2 Å². The lowest BCUT2D eigenvalue weighted by Crippen LogP contribution is -2.44. The molecule has 0 spiro atoms. The smallest absolute Gasteiger partial charge is 0.411 e. The molecule has 2 fully saturated rings. The summed E-state index contributed by atoms with van der Waals surface area (Å²) in [6.45, 7) is 5.67. The summed E-state index contributed by atoms with van der Waals surface area (Å²) in [5.41, 5.74) is 4.59. The van der Waals surface area contributed by atoms with E-state index in [1.807, 2.05) is 69.6 Å². The summed E-state index contributed by atoms with van der Waals surface area (Å²) in [6.07, 6.45) is 9.20. The molecule has 0 unspecified atom stereocenters. The van der Waals surface area contributed by atoms with Crippen LogP contribution < -0.4 is 9.47 Å². The molecule has 1 N–H and O–H groups in total. The number of imidazole rings is 1. The van der Waals surface area contributed by atoms with Crippen molar-refractivity contribution in [2.45, 2.75) is 70.4 Å². The zero-order valence-electron chi connectivity index (χ0n) is 23.6. The number of thioether (sulfide) groups is 1. The van der Waals surface area contributed by atoms with Crippen molar-refractivity contribution in [2.75, 3.05) is 11.6 Å². The highest BCUT2D eigenvalue weighted by Crippen LogP contribution is 2.48. The van der Waals surface area contributed by atoms with Gasteiger partial charge in [-0.2, -0.15) is 0 Å². The Balaban J connectivity index is 1.03. The SMILES string of the molecule is CC(C)(C)OC(=O)N1CSC[C@@H]1C1=NC=C(c2ccc3c(c2)Oc2ccc(-c4cnc(C5CCCC5)[nH]4)cc2O3)C1. The van der Waals surface area contributed by atoms with Crippen molar-refractivity contribution in [3.63, 3.8) is 0 Å². The summed E-state index contributed by atoms with van der Waals surface area (Å²) >= 11 is 1.73. The molecule has 41 heavy (non-hydrogen) atoms. The first-order valence-corrected chi connectivity index (χ1v) is 15.5. The van der Waals surface area contributed by atoms with Gasteiger partial charge >= 0.3 is 6.09 Å². The van der Waals surface area contributed by atoms with Crippen LogP contribution in [0.3, 0.4) is 0 Å². The number of ether oxygens (including phenoxy) is 3. The molecule has 1 aliphatic carbocycles. The molecule has 1 saturated heterocycles. The normalized spacial score (nSPS) is 20.2. The van der Waals surface area contributed by atoms with Gasteiger partial charge in [0.2, 0.25) is 0 Å². The fourth-order valence-electron chi connectivity index (χ4n) is 5.89. The highest BCUT2D eigenvalue weighted by Gasteiger charge is 2.37. The molecule has 1 aromatic heterocycles. The molecule has 0 bridgehead atoms. The van der Waals surface area contributed by atoms with Crippen LogP contribution in [0.15, 0.2) is 53.8 Å². The number of allylic oxidation sites excluding steroid dienone is 1. The number of nitrogens with zero attached hydrogens (tertiary/aromatic N) is 3. The summed E-state index contributed by atoms with van der Waals surface area (Å²) in [6, 6.07) is 11.9. The van der Waals surface area contributed by atoms with E-state index in [1.165, 1.54) is 25.7 Å². The van der Waals surface area contributed by atoms with E-state index in [0.717, 1.165) is 39.7 Å². The maximum absolute atomic E-state index is 12.8. The summed E-state index contributed by atoms with van der Waals surface area (Å²) in [7, 11) is 0. The molecule has 8 nitrogen and oxygen atoms in total. The van der Waals surface area contributed by atoms with E-state index in [9.17, 15) is 4.79 Å². The van der Waals surface area contributed by atoms with Crippen LogP contribution in [0, 0.1) is 0 Å². The summed E-state index contributed by atoms with van der Waals surface area (Å²) in [5.74, 6) is 5.78. The molecule has 212 valence electrons. The van der Waals surface area contributed by atoms with Crippen molar-refractivity contribution >= 4 is 29.1 Å². The predicted octanol–water partition coefficient (Wildman–Crippen LogP) is 8.13. The Labute approximate surface area is 244 Å². The molecule has 4 heterocycles. The lowest BCUT2D eigenvalue weighted by Gasteiger charge is -2.28. The fourth-order valence-corrected chi connectivity index (χ4v) is 7.07. The van der Waals surface area contributed by atoms with E-state index >= 15 is 0 Å². The van der Waals surface area contributed by atoms with Gasteiger partial charge in [-0.05, 0) is 75.1 Å². The summed E-state index contributed by atoms with van der Waals surface area (Å²) in [4.78, 5) is 27.5. The van der Waals surface area contributed by atoms with Crippen LogP contribution >= 0.6 is 11.8 Å². The number of benzene rings is 2. The summed E-state index contributed by atoms with van der Waals surface area (Å²) in [5, 5.41) is 0. The number of nitrogens with one attached hydrogen (secondary N) is 1. The van der Waals surface area contributed by atoms with E-state index in [-0.39, 0.29) is 12.1 Å². The van der Waals surface area contributed by atoms with Crippen LogP contribution in [0.1, 0.15) is 70.2 Å². The highest BCUT2D eigenvalue weighted by atomic mass is 32.2. The second-order valence-electron chi connectivity index (χ2n) is 12.1. The van der Waals surface area contributed by atoms with Gasteiger partial charge in [0.05, 0.1) is 23.8 Å². The largest absolute Gasteiger partial charge is 0.449 e. The minimum atomic E-state index is -0.529. The van der Waals surface area contributed by atoms with Crippen LogP contribution in [0.5, 0.6) is 23.0 Å². The van der Waals surface area contributed by atoms with Gasteiger partial charge in [0.1, 0.15) is 11.4 Å². The third-order valence-electron chi connectivity index (χ3n) is 8.00. The van der Waals surface area contributed by atoms with Crippen LogP contribution in [0.2, 0.25) is 0 Å². The average molecular weight is 571 g/mol. The molecule has 1 saturated carbocycles. The van der Waals surface area contributed by atoms with Crippen LogP contribution in [-0.4, -0.2) is 49.9 Å². The van der Waals surface area contributed by atoms with Gasteiger partial charge in [-0.1, -0.05) is 18.9 Å². The van der Waals surface area contributed by atoms with Gasteiger partial charge in [0.25, 0.3) is 0 Å². The van der Waals surface area contributed by atoms with Crippen LogP contribution in [-0.2, 0) is 4.74 Å². The van der Waals surface area contributed by atoms with Crippen molar-refractivity contribution < 1.29 is 19.0 Å². The minimum Gasteiger partial charge on any atom is -0.449 e. The third kappa shape index (κ3) is 5.23. The van der Waals surface area contributed by atoms with Gasteiger partial charge in [-0.25, -0.2) is 9.78 Å². The quantitative estimate of drug-likeness (QED) is 0.266. The Bertz CT molecular complexity index is 1560. The number of fused-ring (bicyclic) bond motifs is 2. The van der Waals surface area contributed by atoms with E-state index in [2.05, 4.69) is 9.97 Å². The van der Waals surface area contributed by atoms with E-state index < -0.39 is 5.60 Å². The Hall–Kier alpha value is -3.72. The van der Waals surface area contributed by atoms with Crippen molar-refractivity contribution in [3.8, 4) is 34.3 Å². The highest BCUT2D eigenvalue weighted by molar-refractivity contribution is 7.99. The van der Waals surface area contributed by atoms with E-state index in [1.54, 1.807) is 16.7 Å². The van der Waals surface area contributed by atoms with Crippen LogP contribution in [0.25, 0.3) is 16.8 Å². The van der Waals surface area contributed by atoms with E-state index in [4.69, 9.17) is 19.2 Å². The van der Waals surface area contributed by atoms with Crippen molar-refractivity contribution in [2.24, 2.45) is 4.99 Å². The van der Waals surface area contributed by atoms with Crippen molar-refractivity contribution in [1.29, 1.82) is 0 Å². The average Bonchev–Trinajstić information content (AvgIpc) is 3.76. The Kier molecular flexibility index (Phi) is 6.57. The Morgan fingerprint density at radius 2 is 1.73 bits per heavy atom. The van der Waals surface area contributed by atoms with Gasteiger partial charge < -0.3 is 19.2 Å². The molecule has 7 rings (SSSR count). The van der Waals surface area contributed by atoms with Gasteiger partial charge in [-0.15, -0.1) is 11.8 Å². The molecule has 1 atom stereocenters. The van der Waals surface area contributed by atoms with E-state index in [0.29, 0.717) is 41.2 Å². The number of rotatable bonds is 4. The lowest BCUT2D eigenvalue weighted by molar-refractivity contribution is 0.0278. The number of aliphatic imine (C=N–C) groups is 1. The zero-order chi connectivity index (χ0) is 28.1. The summed E-state index contributed by atoms with van der Waals surface area (Å²) < 4.78 is 18.2. The molecule has 1 amide bonds. The molecule has 3 aliphatic heterocycles. The monoisotopic (exact) mass is 570 g/mol. The topological polar surface area (TPSA) is 89.0 Å². The first kappa shape index (κ1) is 26.2. The number of hydrogen-bond acceptors (Lipinski definition) is 7. The van der Waals surface area contributed by atoms with Crippen LogP contribution in [0.4, 0.5) is 4.79 Å². The number of aromatic amines is 1. The maximum atomic E-state index is 12.8. The lowest BCUT2D eigenvalue weighted by atomic mass is 9.99. The standard InChI is InChI=1S/C32H34N4O4S/c1-32(2,3)40-31(37)36-18-41-17-25(36)23-12-22(15-33-23)20-8-10-26-28(13-20)38-27-11-9-21(14-29(27)39-26)24-16-34-30(35-24)19-6-4-5-7-19/h8-11,13-16,19,25H,4-7,12,17-18H2,1-3H3,(H,34,35)/t25-/m1/s1. The minimum absolute atomic E-state index is 0.0639. The van der Waals surface area contributed by atoms with Gasteiger partial charge in [0, 0.05) is 35.6 Å². The van der Waals surface area contributed by atoms with Crippen molar-refractivity contribution in [1.82, 2.24) is 14.9 Å². The number of amides is 1. The molecule has 2 aromatic carbocycles. The second kappa shape index (κ2) is 10.3. The zero-order valence-corrected chi connectivity index (χ0v) is 24.4. The fraction of sp³-hybridized carbons (Fsp3) is 0.406. The molecule has 4 aliphatic rings. The molecule has 9 heteroatoms. The third-order valence-corrected chi connectivity index (χ3v) is 9.01. The predicted molar refractivity (Wildman–Crippen MR) is 161 cm³/mol. The molecule has 0 radical (unpaired) electrons. The number of carbonyl (C=O) groups excluding carboxylic acids is 1. The first-order chi connectivity index (χ1) is 19.8. The molecule has 3 aromatic rings. The Morgan fingerprint density at radius 1 is 1.02 bits per heavy atom. The first-order valence-electron chi connectivity index (χ1n) is 14.3. The number of carbonyl (C=O) groups is 1. The number of aromatic nitrogens is 2. The molecular formula is C32H34N4O4S. The Morgan fingerprint density at radius 3 is 2.46 bits per heavy atom. The molecular weight excluding hydrogens is 536 g/mol. The maximum Gasteiger partial charge on any atom is 0.411 e. The van der Waals surface area contributed by atoms with Gasteiger partial charge in [-0.3, -0.25) is 9.89 Å². The number of H-pyrrole nitrogens is 1. The number of hydrogen-bond donors (Lipinski definition) is 1. The van der Waals surface area contributed by atoms with Gasteiger partial charge in [0.15, 0.2) is 23.0 Å².